The lowest BCUT2D eigenvalue weighted by molar-refractivity contribution is 0.0900. The zero-order chi connectivity index (χ0) is 36.9. The Morgan fingerprint density at radius 1 is 0.518 bits per heavy atom. The third kappa shape index (κ3) is 4.51. The van der Waals surface area contributed by atoms with Gasteiger partial charge in [0.25, 0.3) is 0 Å². The minimum Gasteiger partial charge on any atom is -0.456 e. The van der Waals surface area contributed by atoms with Gasteiger partial charge >= 0.3 is 0 Å². The smallest absolute Gasteiger partial charge is 0.159 e. The summed E-state index contributed by atoms with van der Waals surface area (Å²) in [6, 6.07) is 54.0. The predicted molar refractivity (Wildman–Crippen MR) is 228 cm³/mol. The summed E-state index contributed by atoms with van der Waals surface area (Å²) in [4.78, 5) is 4.35. The molecule has 0 spiro atoms. The first kappa shape index (κ1) is 31.2. The number of furan rings is 2. The van der Waals surface area contributed by atoms with E-state index in [-0.39, 0.29) is 6.10 Å². The molecule has 0 amide bonds. The van der Waals surface area contributed by atoms with Crippen molar-refractivity contribution in [2.45, 2.75) is 12.6 Å². The lowest BCUT2D eigenvalue weighted by Gasteiger charge is -2.19. The first-order valence-corrected chi connectivity index (χ1v) is 19.0. The highest BCUT2D eigenvalue weighted by Gasteiger charge is 2.22. The van der Waals surface area contributed by atoms with Crippen LogP contribution in [0.3, 0.4) is 0 Å². The predicted octanol–water partition coefficient (Wildman–Crippen LogP) is 13.1. The molecule has 0 saturated carbocycles. The van der Waals surface area contributed by atoms with Crippen molar-refractivity contribution in [2.75, 3.05) is 7.11 Å². The first-order chi connectivity index (χ1) is 27.7. The van der Waals surface area contributed by atoms with E-state index in [2.05, 4.69) is 148 Å². The van der Waals surface area contributed by atoms with Crippen LogP contribution in [0.2, 0.25) is 0 Å². The van der Waals surface area contributed by atoms with E-state index in [1.54, 1.807) is 6.20 Å². The van der Waals surface area contributed by atoms with Crippen LogP contribution < -0.4 is 0 Å². The van der Waals surface area contributed by atoms with Crippen LogP contribution in [0.25, 0.3) is 104 Å². The van der Waals surface area contributed by atoms with E-state index in [4.69, 9.17) is 13.6 Å². The van der Waals surface area contributed by atoms with Crippen molar-refractivity contribution in [2.24, 2.45) is 0 Å². The molecule has 0 radical (unpaired) electrons. The van der Waals surface area contributed by atoms with E-state index in [1.807, 2.05) is 31.5 Å². The van der Waals surface area contributed by atoms with Crippen LogP contribution in [0.1, 0.15) is 11.7 Å². The van der Waals surface area contributed by atoms with Gasteiger partial charge in [-0.05, 0) is 83.4 Å². The minimum absolute atomic E-state index is 0.190. The molecule has 12 rings (SSSR count). The van der Waals surface area contributed by atoms with E-state index < -0.39 is 0 Å². The summed E-state index contributed by atoms with van der Waals surface area (Å²) in [5.74, 6) is 0. The summed E-state index contributed by atoms with van der Waals surface area (Å²) in [7, 11) is 1.82. The summed E-state index contributed by atoms with van der Waals surface area (Å²) in [6.07, 6.45) is 3.46. The second kappa shape index (κ2) is 11.9. The number of nitrogens with zero attached hydrogens (tertiary/aromatic N) is 3. The van der Waals surface area contributed by atoms with Crippen molar-refractivity contribution in [3.05, 3.63) is 170 Å². The number of para-hydroxylation sites is 4. The summed E-state index contributed by atoms with van der Waals surface area (Å²) >= 11 is 0. The molecule has 1 atom stereocenters. The normalized spacial score (nSPS) is 12.8. The van der Waals surface area contributed by atoms with Gasteiger partial charge in [0.2, 0.25) is 0 Å². The average molecular weight is 724 g/mol. The van der Waals surface area contributed by atoms with Gasteiger partial charge in [0.15, 0.2) is 5.58 Å². The highest BCUT2D eigenvalue weighted by atomic mass is 16.5. The quantitative estimate of drug-likeness (QED) is 0.171. The number of rotatable bonds is 6. The SMILES string of the molecule is COC(Cn1c2ccccc2c2cc(-c3ccc4oc5ccncc5c4c3)ccc21)c1ccc2c(c1)c1ccccc1n2-c1cccc2c1oc1ccccc12. The summed E-state index contributed by atoms with van der Waals surface area (Å²) in [5.41, 5.74) is 12.6. The Morgan fingerprint density at radius 2 is 1.16 bits per heavy atom. The zero-order valence-corrected chi connectivity index (χ0v) is 30.4. The van der Waals surface area contributed by atoms with E-state index in [1.165, 1.54) is 32.6 Å². The highest BCUT2D eigenvalue weighted by Crippen LogP contribution is 2.40. The number of benzene rings is 7. The Labute approximate surface area is 320 Å². The minimum atomic E-state index is -0.190. The van der Waals surface area contributed by atoms with Crippen LogP contribution in [-0.2, 0) is 11.3 Å². The molecule has 0 bridgehead atoms. The number of hydrogen-bond acceptors (Lipinski definition) is 4. The van der Waals surface area contributed by atoms with Crippen molar-refractivity contribution in [3.8, 4) is 16.8 Å². The maximum atomic E-state index is 6.53. The molecule has 0 aliphatic rings. The van der Waals surface area contributed by atoms with E-state index >= 15 is 0 Å². The Bertz CT molecular complexity index is 3530. The Balaban J connectivity index is 0.969. The van der Waals surface area contributed by atoms with Gasteiger partial charge in [0.05, 0.1) is 29.4 Å². The van der Waals surface area contributed by atoms with Crippen LogP contribution in [0, 0.1) is 0 Å². The second-order valence-corrected chi connectivity index (χ2v) is 14.7. The highest BCUT2D eigenvalue weighted by molar-refractivity contribution is 6.13. The van der Waals surface area contributed by atoms with Crippen molar-refractivity contribution >= 4 is 87.5 Å². The summed E-state index contributed by atoms with van der Waals surface area (Å²) < 4.78 is 23.7. The molecule has 266 valence electrons. The molecule has 6 nitrogen and oxygen atoms in total. The molecular formula is C50H33N3O3. The maximum absolute atomic E-state index is 6.53. The third-order valence-corrected chi connectivity index (χ3v) is 11.7. The Morgan fingerprint density at radius 3 is 2.04 bits per heavy atom. The van der Waals surface area contributed by atoms with Gasteiger partial charge in [0, 0.05) is 73.6 Å². The molecule has 1 unspecified atom stereocenters. The van der Waals surface area contributed by atoms with Gasteiger partial charge in [-0.25, -0.2) is 0 Å². The van der Waals surface area contributed by atoms with Gasteiger partial charge in [-0.15, -0.1) is 0 Å². The molecule has 7 aromatic carbocycles. The molecular weight excluding hydrogens is 691 g/mol. The molecule has 0 N–H and O–H groups in total. The molecule has 56 heavy (non-hydrogen) atoms. The Hall–Kier alpha value is -7.15. The first-order valence-electron chi connectivity index (χ1n) is 19.0. The molecule has 5 aromatic heterocycles. The van der Waals surface area contributed by atoms with Crippen molar-refractivity contribution in [3.63, 3.8) is 0 Å². The number of fused-ring (bicyclic) bond motifs is 12. The van der Waals surface area contributed by atoms with Crippen molar-refractivity contribution in [1.29, 1.82) is 0 Å². The third-order valence-electron chi connectivity index (χ3n) is 11.7. The number of methoxy groups -OCH3 is 1. The van der Waals surface area contributed by atoms with E-state index in [9.17, 15) is 0 Å². The van der Waals surface area contributed by atoms with Crippen molar-refractivity contribution in [1.82, 2.24) is 14.1 Å². The molecule has 0 fully saturated rings. The summed E-state index contributed by atoms with van der Waals surface area (Å²) in [5, 5.41) is 9.14. The molecule has 0 aliphatic heterocycles. The van der Waals surface area contributed by atoms with Crippen molar-refractivity contribution < 1.29 is 13.6 Å². The molecule has 0 aliphatic carbocycles. The van der Waals surface area contributed by atoms with Crippen LogP contribution in [0.15, 0.2) is 173 Å². The van der Waals surface area contributed by atoms with Gasteiger partial charge in [-0.2, -0.15) is 0 Å². The molecule has 5 heterocycles. The fourth-order valence-corrected chi connectivity index (χ4v) is 9.07. The van der Waals surface area contributed by atoms with Gasteiger partial charge < -0.3 is 22.7 Å². The van der Waals surface area contributed by atoms with Crippen LogP contribution in [0.4, 0.5) is 0 Å². The van der Waals surface area contributed by atoms with Crippen LogP contribution >= 0.6 is 0 Å². The standard InChI is InChI=1S/C50H33N3O3/c1-54-49(32-18-21-44-38(27-32)34-10-3-6-14-43(34)53(44)45-15-8-12-36-35-11-4-7-16-46(35)56-50(36)45)29-52-41-13-5-2-9-33(41)37-25-30(17-20-42(37)52)31-19-22-47-39(26-31)40-28-51-24-23-48(40)55-47/h2-28,49H,29H2,1H3. The molecule has 12 aromatic rings. The Kier molecular flexibility index (Phi) is 6.65. The monoisotopic (exact) mass is 723 g/mol. The second-order valence-electron chi connectivity index (χ2n) is 14.7. The average Bonchev–Trinajstić information content (AvgIpc) is 4.00. The zero-order valence-electron chi connectivity index (χ0n) is 30.4. The van der Waals surface area contributed by atoms with Gasteiger partial charge in [-0.1, -0.05) is 84.9 Å². The molecule has 6 heteroatoms. The number of hydrogen-bond donors (Lipinski definition) is 0. The van der Waals surface area contributed by atoms with Gasteiger partial charge in [0.1, 0.15) is 16.7 Å². The number of aromatic nitrogens is 3. The fraction of sp³-hybridized carbons (Fsp3) is 0.0600. The lowest BCUT2D eigenvalue weighted by atomic mass is 10.0. The largest absolute Gasteiger partial charge is 0.456 e. The molecule has 0 saturated heterocycles. The fourth-order valence-electron chi connectivity index (χ4n) is 9.07. The van der Waals surface area contributed by atoms with E-state index in [0.29, 0.717) is 6.54 Å². The maximum Gasteiger partial charge on any atom is 0.159 e. The lowest BCUT2D eigenvalue weighted by Crippen LogP contribution is -2.11. The van der Waals surface area contributed by atoms with Crippen LogP contribution in [0.5, 0.6) is 0 Å². The van der Waals surface area contributed by atoms with Crippen LogP contribution in [-0.4, -0.2) is 21.2 Å². The number of ether oxygens (including phenoxy) is 1. The van der Waals surface area contributed by atoms with E-state index in [0.717, 1.165) is 77.3 Å². The van der Waals surface area contributed by atoms with Gasteiger partial charge in [-0.3, -0.25) is 4.98 Å². The topological polar surface area (TPSA) is 58.3 Å². The summed E-state index contributed by atoms with van der Waals surface area (Å²) in [6.45, 7) is 0.655. The number of pyridine rings is 1.